The number of primary sulfonamides is 1. The molecule has 0 bridgehead atoms. The highest BCUT2D eigenvalue weighted by Crippen LogP contribution is 2.19. The van der Waals surface area contributed by atoms with E-state index in [1.807, 2.05) is 0 Å². The Hall–Kier alpha value is -1.38. The van der Waals surface area contributed by atoms with Crippen LogP contribution in [0.15, 0.2) is 15.4 Å². The fourth-order valence-electron chi connectivity index (χ4n) is 2.28. The first kappa shape index (κ1) is 15.0. The summed E-state index contributed by atoms with van der Waals surface area (Å²) >= 11 is 0. The van der Waals surface area contributed by atoms with Crippen LogP contribution >= 0.6 is 0 Å². The molecule has 0 aliphatic carbocycles. The SMILES string of the molecule is Cc1oc(C(=O)NC2CNCCC2C)cc1S(N)(=O)=O. The number of aryl methyl sites for hydroxylation is 1. The average molecular weight is 301 g/mol. The number of nitrogens with one attached hydrogen (secondary N) is 2. The molecule has 112 valence electrons. The van der Waals surface area contributed by atoms with Gasteiger partial charge in [0.15, 0.2) is 5.76 Å². The third kappa shape index (κ3) is 3.20. The van der Waals surface area contributed by atoms with Gasteiger partial charge in [0.1, 0.15) is 10.7 Å². The summed E-state index contributed by atoms with van der Waals surface area (Å²) < 4.78 is 27.8. The molecule has 7 nitrogen and oxygen atoms in total. The lowest BCUT2D eigenvalue weighted by Crippen LogP contribution is -2.50. The molecule has 1 aromatic heterocycles. The van der Waals surface area contributed by atoms with Crippen LogP contribution in [0.3, 0.4) is 0 Å². The van der Waals surface area contributed by atoms with Gasteiger partial charge in [0, 0.05) is 18.7 Å². The number of carbonyl (C=O) groups is 1. The summed E-state index contributed by atoms with van der Waals surface area (Å²) in [5.74, 6) is 0.00860. The van der Waals surface area contributed by atoms with Gasteiger partial charge >= 0.3 is 0 Å². The second-order valence-corrected chi connectivity index (χ2v) is 6.66. The molecule has 0 radical (unpaired) electrons. The molecule has 4 N–H and O–H groups in total. The van der Waals surface area contributed by atoms with Gasteiger partial charge in [-0.2, -0.15) is 0 Å². The van der Waals surface area contributed by atoms with Gasteiger partial charge in [-0.15, -0.1) is 0 Å². The molecule has 0 aromatic carbocycles. The van der Waals surface area contributed by atoms with E-state index in [1.54, 1.807) is 0 Å². The van der Waals surface area contributed by atoms with Crippen LogP contribution in [-0.2, 0) is 10.0 Å². The van der Waals surface area contributed by atoms with E-state index in [-0.39, 0.29) is 22.5 Å². The molecule has 2 atom stereocenters. The smallest absolute Gasteiger partial charge is 0.287 e. The molecule has 1 aliphatic heterocycles. The lowest BCUT2D eigenvalue weighted by Gasteiger charge is -2.29. The molecular weight excluding hydrogens is 282 g/mol. The highest BCUT2D eigenvalue weighted by Gasteiger charge is 2.26. The lowest BCUT2D eigenvalue weighted by atomic mass is 9.95. The van der Waals surface area contributed by atoms with Crippen LogP contribution in [0.25, 0.3) is 0 Å². The van der Waals surface area contributed by atoms with Gasteiger partial charge in [-0.25, -0.2) is 13.6 Å². The predicted octanol–water partition coefficient (Wildman–Crippen LogP) is -0.0368. The number of nitrogens with two attached hydrogens (primary N) is 1. The summed E-state index contributed by atoms with van der Waals surface area (Å²) in [5, 5.41) is 11.1. The van der Waals surface area contributed by atoms with E-state index in [1.165, 1.54) is 13.0 Å². The standard InChI is InChI=1S/C12H19N3O4S/c1-7-3-4-14-6-9(7)15-12(16)10-5-11(8(2)19-10)20(13,17)18/h5,7,9,14H,3-4,6H2,1-2H3,(H,15,16)(H2,13,17,18). The van der Waals surface area contributed by atoms with Crippen LogP contribution in [-0.4, -0.2) is 33.5 Å². The van der Waals surface area contributed by atoms with Gasteiger partial charge in [0.05, 0.1) is 0 Å². The Balaban J connectivity index is 2.14. The largest absolute Gasteiger partial charge is 0.455 e. The van der Waals surface area contributed by atoms with Gasteiger partial charge < -0.3 is 15.1 Å². The molecule has 0 spiro atoms. The van der Waals surface area contributed by atoms with Crippen molar-refractivity contribution in [3.8, 4) is 0 Å². The summed E-state index contributed by atoms with van der Waals surface area (Å²) in [7, 11) is -3.88. The van der Waals surface area contributed by atoms with E-state index in [9.17, 15) is 13.2 Å². The minimum atomic E-state index is -3.88. The van der Waals surface area contributed by atoms with Crippen LogP contribution in [0.1, 0.15) is 29.7 Å². The van der Waals surface area contributed by atoms with Crippen LogP contribution in [0, 0.1) is 12.8 Å². The summed E-state index contributed by atoms with van der Waals surface area (Å²) in [6.07, 6.45) is 0.977. The third-order valence-corrected chi connectivity index (χ3v) is 4.56. The first-order chi connectivity index (χ1) is 9.29. The fourth-order valence-corrected chi connectivity index (χ4v) is 3.00. The van der Waals surface area contributed by atoms with Gasteiger partial charge in [-0.1, -0.05) is 6.92 Å². The molecule has 20 heavy (non-hydrogen) atoms. The van der Waals surface area contributed by atoms with Crippen molar-refractivity contribution in [3.63, 3.8) is 0 Å². The Morgan fingerprint density at radius 1 is 1.55 bits per heavy atom. The second-order valence-electron chi connectivity index (χ2n) is 5.13. The number of hydrogen-bond acceptors (Lipinski definition) is 5. The van der Waals surface area contributed by atoms with Gasteiger partial charge in [-0.3, -0.25) is 4.79 Å². The second kappa shape index (κ2) is 5.55. The van der Waals surface area contributed by atoms with Crippen molar-refractivity contribution in [2.45, 2.75) is 31.2 Å². The molecule has 2 rings (SSSR count). The molecule has 1 amide bonds. The Morgan fingerprint density at radius 3 is 2.80 bits per heavy atom. The molecule has 0 saturated carbocycles. The number of amides is 1. The Bertz CT molecular complexity index is 608. The first-order valence-corrected chi connectivity index (χ1v) is 7.98. The maximum Gasteiger partial charge on any atom is 0.287 e. The molecular formula is C12H19N3O4S. The highest BCUT2D eigenvalue weighted by atomic mass is 32.2. The number of piperidine rings is 1. The molecule has 8 heteroatoms. The number of furan rings is 1. The maximum absolute atomic E-state index is 12.1. The quantitative estimate of drug-likeness (QED) is 0.725. The van der Waals surface area contributed by atoms with Crippen LogP contribution in [0.4, 0.5) is 0 Å². The monoisotopic (exact) mass is 301 g/mol. The molecule has 2 heterocycles. The highest BCUT2D eigenvalue weighted by molar-refractivity contribution is 7.89. The van der Waals surface area contributed by atoms with E-state index >= 15 is 0 Å². The zero-order valence-corrected chi connectivity index (χ0v) is 12.3. The van der Waals surface area contributed by atoms with Crippen molar-refractivity contribution in [1.29, 1.82) is 0 Å². The number of carbonyl (C=O) groups excluding carboxylic acids is 1. The Morgan fingerprint density at radius 2 is 2.25 bits per heavy atom. The van der Waals surface area contributed by atoms with Crippen LogP contribution in [0.5, 0.6) is 0 Å². The molecule has 1 aromatic rings. The Kier molecular flexibility index (Phi) is 4.17. The number of rotatable bonds is 3. The van der Waals surface area contributed by atoms with E-state index in [4.69, 9.17) is 9.56 Å². The summed E-state index contributed by atoms with van der Waals surface area (Å²) in [5.41, 5.74) is 0. The topological polar surface area (TPSA) is 114 Å². The van der Waals surface area contributed by atoms with Gasteiger partial charge in [0.25, 0.3) is 5.91 Å². The van der Waals surface area contributed by atoms with Crippen LogP contribution < -0.4 is 15.8 Å². The molecule has 2 unspecified atom stereocenters. The minimum Gasteiger partial charge on any atom is -0.455 e. The number of sulfonamides is 1. The van der Waals surface area contributed by atoms with E-state index in [2.05, 4.69) is 17.6 Å². The molecule has 1 fully saturated rings. The molecule has 1 aliphatic rings. The fraction of sp³-hybridized carbons (Fsp3) is 0.583. The Labute approximate surface area is 118 Å². The predicted molar refractivity (Wildman–Crippen MR) is 72.7 cm³/mol. The van der Waals surface area contributed by atoms with Crippen molar-refractivity contribution in [2.24, 2.45) is 11.1 Å². The third-order valence-electron chi connectivity index (χ3n) is 3.55. The van der Waals surface area contributed by atoms with Crippen molar-refractivity contribution >= 4 is 15.9 Å². The van der Waals surface area contributed by atoms with E-state index < -0.39 is 15.9 Å². The molecule has 1 saturated heterocycles. The normalized spacial score (nSPS) is 23.6. The number of hydrogen-bond donors (Lipinski definition) is 3. The van der Waals surface area contributed by atoms with Crippen molar-refractivity contribution in [3.05, 3.63) is 17.6 Å². The minimum absolute atomic E-state index is 0.000380. The lowest BCUT2D eigenvalue weighted by molar-refractivity contribution is 0.0885. The summed E-state index contributed by atoms with van der Waals surface area (Å²) in [6, 6.07) is 1.17. The van der Waals surface area contributed by atoms with E-state index in [0.717, 1.165) is 13.0 Å². The van der Waals surface area contributed by atoms with Crippen molar-refractivity contribution < 1.29 is 17.6 Å². The summed E-state index contributed by atoms with van der Waals surface area (Å²) in [6.45, 7) is 5.15. The zero-order chi connectivity index (χ0) is 14.9. The average Bonchev–Trinajstić information content (AvgIpc) is 2.74. The van der Waals surface area contributed by atoms with Gasteiger partial charge in [0.2, 0.25) is 10.0 Å². The van der Waals surface area contributed by atoms with Crippen molar-refractivity contribution in [1.82, 2.24) is 10.6 Å². The summed E-state index contributed by atoms with van der Waals surface area (Å²) in [4.78, 5) is 11.9. The van der Waals surface area contributed by atoms with Crippen molar-refractivity contribution in [2.75, 3.05) is 13.1 Å². The van der Waals surface area contributed by atoms with Gasteiger partial charge in [-0.05, 0) is 25.8 Å². The zero-order valence-electron chi connectivity index (χ0n) is 11.5. The maximum atomic E-state index is 12.1. The van der Waals surface area contributed by atoms with Crippen LogP contribution in [0.2, 0.25) is 0 Å². The first-order valence-electron chi connectivity index (χ1n) is 6.44. The van der Waals surface area contributed by atoms with E-state index in [0.29, 0.717) is 12.5 Å².